The maximum Gasteiger partial charge on any atom is 0.265 e. The van der Waals surface area contributed by atoms with Gasteiger partial charge in [0.25, 0.3) is 5.91 Å². The molecule has 21 heavy (non-hydrogen) atoms. The van der Waals surface area contributed by atoms with Gasteiger partial charge in [0.1, 0.15) is 10.7 Å². The maximum atomic E-state index is 12.3. The minimum absolute atomic E-state index is 0.156. The van der Waals surface area contributed by atoms with Crippen LogP contribution in [0, 0.1) is 6.92 Å². The van der Waals surface area contributed by atoms with Crippen molar-refractivity contribution in [2.75, 3.05) is 23.7 Å². The van der Waals surface area contributed by atoms with Gasteiger partial charge in [-0.1, -0.05) is 11.3 Å². The Balaban J connectivity index is 2.07. The molecule has 5 nitrogen and oxygen atoms in total. The van der Waals surface area contributed by atoms with E-state index in [9.17, 15) is 4.79 Å². The molecule has 0 aromatic carbocycles. The van der Waals surface area contributed by atoms with Crippen molar-refractivity contribution in [3.63, 3.8) is 0 Å². The predicted molar refractivity (Wildman–Crippen MR) is 90.3 cm³/mol. The van der Waals surface area contributed by atoms with E-state index in [-0.39, 0.29) is 5.91 Å². The number of thiazole rings is 1. The SMILES string of the molecule is CCN(CC)c1nc(N)c(C(=O)NCc2sccc2C)s1. The molecule has 7 heteroatoms. The van der Waals surface area contributed by atoms with E-state index in [0.717, 1.165) is 23.1 Å². The number of nitrogens with two attached hydrogens (primary N) is 1. The Morgan fingerprint density at radius 1 is 1.43 bits per heavy atom. The summed E-state index contributed by atoms with van der Waals surface area (Å²) in [6, 6.07) is 2.05. The van der Waals surface area contributed by atoms with Crippen LogP contribution < -0.4 is 16.0 Å². The number of nitrogens with one attached hydrogen (secondary N) is 1. The van der Waals surface area contributed by atoms with Gasteiger partial charge < -0.3 is 16.0 Å². The molecule has 0 saturated carbocycles. The lowest BCUT2D eigenvalue weighted by Crippen LogP contribution is -2.22. The largest absolute Gasteiger partial charge is 0.382 e. The molecule has 0 radical (unpaired) electrons. The number of rotatable bonds is 6. The number of aromatic nitrogens is 1. The van der Waals surface area contributed by atoms with Gasteiger partial charge in [0.2, 0.25) is 0 Å². The summed E-state index contributed by atoms with van der Waals surface area (Å²) in [5.74, 6) is 0.151. The third-order valence-electron chi connectivity index (χ3n) is 3.26. The quantitative estimate of drug-likeness (QED) is 0.857. The van der Waals surface area contributed by atoms with Crippen molar-refractivity contribution >= 4 is 39.5 Å². The second-order valence-electron chi connectivity index (χ2n) is 4.59. The van der Waals surface area contributed by atoms with Gasteiger partial charge in [0, 0.05) is 18.0 Å². The standard InChI is InChI=1S/C14H20N4OS2/c1-4-18(5-2)14-17-12(15)11(21-14)13(19)16-8-10-9(3)6-7-20-10/h6-7H,4-5,8,15H2,1-3H3,(H,16,19). The summed E-state index contributed by atoms with van der Waals surface area (Å²) in [5, 5.41) is 5.74. The first-order chi connectivity index (χ1) is 10.1. The minimum Gasteiger partial charge on any atom is -0.382 e. The zero-order valence-electron chi connectivity index (χ0n) is 12.5. The molecular formula is C14H20N4OS2. The maximum absolute atomic E-state index is 12.3. The fraction of sp³-hybridized carbons (Fsp3) is 0.429. The number of nitrogen functional groups attached to an aromatic ring is 1. The average molecular weight is 324 g/mol. The molecule has 2 aromatic heterocycles. The van der Waals surface area contributed by atoms with E-state index in [1.54, 1.807) is 11.3 Å². The highest BCUT2D eigenvalue weighted by Gasteiger charge is 2.18. The zero-order valence-corrected chi connectivity index (χ0v) is 14.1. The molecule has 0 aliphatic rings. The summed E-state index contributed by atoms with van der Waals surface area (Å²) in [7, 11) is 0. The Morgan fingerprint density at radius 3 is 2.71 bits per heavy atom. The molecular weight excluding hydrogens is 304 g/mol. The van der Waals surface area contributed by atoms with Crippen LogP contribution in [0.25, 0.3) is 0 Å². The number of thiophene rings is 1. The normalized spacial score (nSPS) is 10.6. The third-order valence-corrected chi connectivity index (χ3v) is 5.41. The van der Waals surface area contributed by atoms with Crippen LogP contribution in [-0.2, 0) is 6.54 Å². The van der Waals surface area contributed by atoms with Gasteiger partial charge in [-0.05, 0) is 37.8 Å². The summed E-state index contributed by atoms with van der Waals surface area (Å²) in [4.78, 5) is 20.3. The Labute approximate surface area is 132 Å². The molecule has 0 atom stereocenters. The molecule has 3 N–H and O–H groups in total. The first kappa shape index (κ1) is 15.8. The molecule has 2 aromatic rings. The van der Waals surface area contributed by atoms with Crippen LogP contribution in [0.2, 0.25) is 0 Å². The Bertz CT molecular complexity index is 616. The van der Waals surface area contributed by atoms with E-state index in [4.69, 9.17) is 5.73 Å². The van der Waals surface area contributed by atoms with E-state index in [0.29, 0.717) is 17.2 Å². The molecule has 114 valence electrons. The molecule has 0 aliphatic heterocycles. The van der Waals surface area contributed by atoms with E-state index in [2.05, 4.69) is 29.0 Å². The fourth-order valence-electron chi connectivity index (χ4n) is 1.94. The van der Waals surface area contributed by atoms with Crippen molar-refractivity contribution < 1.29 is 4.79 Å². The second-order valence-corrected chi connectivity index (χ2v) is 6.57. The van der Waals surface area contributed by atoms with Crippen molar-refractivity contribution in [1.29, 1.82) is 0 Å². The number of carbonyl (C=O) groups is 1. The van der Waals surface area contributed by atoms with Crippen LogP contribution in [0.15, 0.2) is 11.4 Å². The zero-order chi connectivity index (χ0) is 15.4. The van der Waals surface area contributed by atoms with Gasteiger partial charge in [-0.2, -0.15) is 0 Å². The van der Waals surface area contributed by atoms with Crippen LogP contribution in [0.1, 0.15) is 34.0 Å². The van der Waals surface area contributed by atoms with Gasteiger partial charge in [-0.25, -0.2) is 4.98 Å². The monoisotopic (exact) mass is 324 g/mol. The van der Waals surface area contributed by atoms with E-state index in [1.165, 1.54) is 16.9 Å². The van der Waals surface area contributed by atoms with Crippen LogP contribution in [0.5, 0.6) is 0 Å². The predicted octanol–water partition coefficient (Wildman–Crippen LogP) is 2.87. The number of carbonyl (C=O) groups excluding carboxylic acids is 1. The molecule has 0 bridgehead atoms. The van der Waals surface area contributed by atoms with Gasteiger partial charge in [0.15, 0.2) is 5.13 Å². The van der Waals surface area contributed by atoms with Crippen molar-refractivity contribution in [1.82, 2.24) is 10.3 Å². The van der Waals surface area contributed by atoms with Crippen LogP contribution in [-0.4, -0.2) is 24.0 Å². The van der Waals surface area contributed by atoms with Gasteiger partial charge in [-0.3, -0.25) is 4.79 Å². The van der Waals surface area contributed by atoms with Crippen LogP contribution in [0.4, 0.5) is 10.9 Å². The first-order valence-corrected chi connectivity index (χ1v) is 8.58. The highest BCUT2D eigenvalue weighted by Crippen LogP contribution is 2.28. The molecule has 1 amide bonds. The van der Waals surface area contributed by atoms with Crippen molar-refractivity contribution in [2.24, 2.45) is 0 Å². The number of nitrogens with zero attached hydrogens (tertiary/aromatic N) is 2. The fourth-order valence-corrected chi connectivity index (χ4v) is 3.81. The topological polar surface area (TPSA) is 71.2 Å². The summed E-state index contributed by atoms with van der Waals surface area (Å²) in [6.45, 7) is 8.37. The molecule has 0 unspecified atom stereocenters. The number of hydrogen-bond acceptors (Lipinski definition) is 6. The average Bonchev–Trinajstić information content (AvgIpc) is 3.04. The number of anilines is 2. The van der Waals surface area contributed by atoms with Crippen molar-refractivity contribution in [2.45, 2.75) is 27.3 Å². The van der Waals surface area contributed by atoms with Crippen molar-refractivity contribution in [3.05, 3.63) is 26.8 Å². The summed E-state index contributed by atoms with van der Waals surface area (Å²) >= 11 is 2.99. The molecule has 0 aliphatic carbocycles. The van der Waals surface area contributed by atoms with E-state index < -0.39 is 0 Å². The lowest BCUT2D eigenvalue weighted by Gasteiger charge is -2.16. The lowest BCUT2D eigenvalue weighted by atomic mass is 10.3. The number of amides is 1. The summed E-state index contributed by atoms with van der Waals surface area (Å²) in [6.07, 6.45) is 0. The summed E-state index contributed by atoms with van der Waals surface area (Å²) in [5.41, 5.74) is 7.08. The molecule has 0 saturated heterocycles. The first-order valence-electron chi connectivity index (χ1n) is 6.89. The third kappa shape index (κ3) is 3.54. The number of aryl methyl sites for hydroxylation is 1. The molecule has 2 heterocycles. The van der Waals surface area contributed by atoms with E-state index in [1.807, 2.05) is 18.4 Å². The summed E-state index contributed by atoms with van der Waals surface area (Å²) < 4.78 is 0. The Hall–Kier alpha value is -1.60. The molecule has 2 rings (SSSR count). The van der Waals surface area contributed by atoms with Crippen molar-refractivity contribution in [3.8, 4) is 0 Å². The lowest BCUT2D eigenvalue weighted by molar-refractivity contribution is 0.0956. The Kier molecular flexibility index (Phi) is 5.19. The molecule has 0 fully saturated rings. The second kappa shape index (κ2) is 6.91. The number of hydrogen-bond donors (Lipinski definition) is 2. The van der Waals surface area contributed by atoms with Crippen LogP contribution in [0.3, 0.4) is 0 Å². The Morgan fingerprint density at radius 2 is 2.14 bits per heavy atom. The van der Waals surface area contributed by atoms with Gasteiger partial charge in [0.05, 0.1) is 6.54 Å². The van der Waals surface area contributed by atoms with E-state index >= 15 is 0 Å². The van der Waals surface area contributed by atoms with Gasteiger partial charge >= 0.3 is 0 Å². The highest BCUT2D eigenvalue weighted by molar-refractivity contribution is 7.18. The highest BCUT2D eigenvalue weighted by atomic mass is 32.1. The minimum atomic E-state index is -0.156. The molecule has 0 spiro atoms. The van der Waals surface area contributed by atoms with Gasteiger partial charge in [-0.15, -0.1) is 11.3 Å². The van der Waals surface area contributed by atoms with Crippen LogP contribution >= 0.6 is 22.7 Å². The smallest absolute Gasteiger partial charge is 0.265 e.